The molecule has 7 nitrogen and oxygen atoms in total. The Morgan fingerprint density at radius 2 is 2.00 bits per heavy atom. The van der Waals surface area contributed by atoms with Crippen LogP contribution >= 0.6 is 0 Å². The van der Waals surface area contributed by atoms with Crippen molar-refractivity contribution in [2.45, 2.75) is 0 Å². The highest BCUT2D eigenvalue weighted by Gasteiger charge is 2.09. The molecule has 1 aromatic rings. The Labute approximate surface area is 117 Å². The zero-order chi connectivity index (χ0) is 14.4. The van der Waals surface area contributed by atoms with Crippen molar-refractivity contribution >= 4 is 22.9 Å². The second kappa shape index (κ2) is 6.54. The Morgan fingerprint density at radius 1 is 1.35 bits per heavy atom. The largest absolute Gasteiger partial charge is 0.382 e. The number of nitrogens with zero attached hydrogens (tertiary/aromatic N) is 3. The van der Waals surface area contributed by atoms with Crippen LogP contribution in [0.1, 0.15) is 0 Å². The van der Waals surface area contributed by atoms with Gasteiger partial charge in [0.15, 0.2) is 5.84 Å². The minimum absolute atomic E-state index is 0.129. The highest BCUT2D eigenvalue weighted by atomic mass is 15.3. The molecule has 0 aromatic heterocycles. The van der Waals surface area contributed by atoms with E-state index in [1.807, 2.05) is 24.3 Å². The maximum Gasteiger partial charge on any atom is 0.201 e. The van der Waals surface area contributed by atoms with Gasteiger partial charge < -0.3 is 16.0 Å². The third-order valence-electron chi connectivity index (χ3n) is 3.01. The van der Waals surface area contributed by atoms with Gasteiger partial charge in [-0.1, -0.05) is 0 Å². The van der Waals surface area contributed by atoms with Gasteiger partial charge in [0.1, 0.15) is 6.07 Å². The number of amidine groups is 1. The molecule has 0 radical (unpaired) electrons. The van der Waals surface area contributed by atoms with Crippen LogP contribution in [0.15, 0.2) is 29.4 Å². The molecule has 1 heterocycles. The molecular weight excluding hydrogens is 254 g/mol. The molecule has 0 amide bonds. The zero-order valence-corrected chi connectivity index (χ0v) is 11.1. The molecule has 1 aromatic carbocycles. The molecule has 7 heteroatoms. The summed E-state index contributed by atoms with van der Waals surface area (Å²) in [5.41, 5.74) is 9.71. The van der Waals surface area contributed by atoms with Crippen LogP contribution in [0.5, 0.6) is 0 Å². The summed E-state index contributed by atoms with van der Waals surface area (Å²) in [7, 11) is 0. The molecule has 0 spiro atoms. The molecule has 2 rings (SSSR count). The first-order valence-electron chi connectivity index (χ1n) is 6.34. The van der Waals surface area contributed by atoms with E-state index in [1.54, 1.807) is 6.07 Å². The SMILES string of the molecule is N#C/C(=N\Nc1ccc(N2CCNCC2)cc1)C(=N)N. The Morgan fingerprint density at radius 3 is 2.55 bits per heavy atom. The second-order valence-corrected chi connectivity index (χ2v) is 4.38. The van der Waals surface area contributed by atoms with Gasteiger partial charge >= 0.3 is 0 Å². The molecule has 1 fully saturated rings. The van der Waals surface area contributed by atoms with Crippen LogP contribution < -0.4 is 21.4 Å². The summed E-state index contributed by atoms with van der Waals surface area (Å²) in [6.07, 6.45) is 0. The minimum Gasteiger partial charge on any atom is -0.382 e. The summed E-state index contributed by atoms with van der Waals surface area (Å²) < 4.78 is 0. The van der Waals surface area contributed by atoms with Crippen molar-refractivity contribution in [3.05, 3.63) is 24.3 Å². The quantitative estimate of drug-likeness (QED) is 0.358. The summed E-state index contributed by atoms with van der Waals surface area (Å²) in [4.78, 5) is 2.31. The average Bonchev–Trinajstić information content (AvgIpc) is 2.49. The van der Waals surface area contributed by atoms with Crippen LogP contribution in [0.2, 0.25) is 0 Å². The van der Waals surface area contributed by atoms with E-state index >= 15 is 0 Å². The lowest BCUT2D eigenvalue weighted by molar-refractivity contribution is 0.589. The number of anilines is 2. The van der Waals surface area contributed by atoms with E-state index in [-0.39, 0.29) is 11.5 Å². The molecule has 0 aliphatic carbocycles. The Kier molecular flexibility index (Phi) is 4.52. The van der Waals surface area contributed by atoms with Crippen molar-refractivity contribution in [1.82, 2.24) is 5.32 Å². The Balaban J connectivity index is 2.01. The van der Waals surface area contributed by atoms with Gasteiger partial charge in [-0.3, -0.25) is 10.8 Å². The van der Waals surface area contributed by atoms with E-state index in [4.69, 9.17) is 16.4 Å². The lowest BCUT2D eigenvalue weighted by Crippen LogP contribution is -2.43. The zero-order valence-electron chi connectivity index (χ0n) is 11.1. The molecule has 0 saturated carbocycles. The van der Waals surface area contributed by atoms with Crippen LogP contribution in [0.3, 0.4) is 0 Å². The van der Waals surface area contributed by atoms with Crippen molar-refractivity contribution in [2.24, 2.45) is 10.8 Å². The van der Waals surface area contributed by atoms with Crippen molar-refractivity contribution in [2.75, 3.05) is 36.5 Å². The van der Waals surface area contributed by atoms with Gasteiger partial charge in [-0.15, -0.1) is 0 Å². The standard InChI is InChI=1S/C13H17N7/c14-9-12(13(15)16)19-18-10-1-3-11(4-2-10)20-7-5-17-6-8-20/h1-4,17-18H,5-8H2,(H3,15,16)/b19-12+. The lowest BCUT2D eigenvalue weighted by Gasteiger charge is -2.29. The number of rotatable bonds is 4. The van der Waals surface area contributed by atoms with Crippen molar-refractivity contribution in [3.63, 3.8) is 0 Å². The summed E-state index contributed by atoms with van der Waals surface area (Å²) in [5.74, 6) is -0.350. The average molecular weight is 271 g/mol. The summed E-state index contributed by atoms with van der Waals surface area (Å²) in [6, 6.07) is 9.53. The normalized spacial score (nSPS) is 15.6. The third-order valence-corrected chi connectivity index (χ3v) is 3.01. The third kappa shape index (κ3) is 3.46. The Bertz CT molecular complexity index is 535. The van der Waals surface area contributed by atoms with Crippen molar-refractivity contribution < 1.29 is 0 Å². The number of hydrogen-bond donors (Lipinski definition) is 4. The first kappa shape index (κ1) is 13.8. The van der Waals surface area contributed by atoms with E-state index in [0.29, 0.717) is 0 Å². The number of nitrogens with two attached hydrogens (primary N) is 1. The van der Waals surface area contributed by atoms with E-state index < -0.39 is 0 Å². The molecule has 1 aliphatic heterocycles. The second-order valence-electron chi connectivity index (χ2n) is 4.38. The molecule has 0 bridgehead atoms. The highest BCUT2D eigenvalue weighted by molar-refractivity contribution is 6.45. The van der Waals surface area contributed by atoms with E-state index in [0.717, 1.165) is 37.6 Å². The van der Waals surface area contributed by atoms with Crippen LogP contribution in [-0.4, -0.2) is 37.7 Å². The molecule has 5 N–H and O–H groups in total. The highest BCUT2D eigenvalue weighted by Crippen LogP contribution is 2.18. The smallest absolute Gasteiger partial charge is 0.201 e. The number of nitriles is 1. The maximum atomic E-state index is 8.73. The first-order chi connectivity index (χ1) is 9.70. The van der Waals surface area contributed by atoms with Crippen LogP contribution in [0, 0.1) is 16.7 Å². The molecule has 104 valence electrons. The molecule has 20 heavy (non-hydrogen) atoms. The van der Waals surface area contributed by atoms with Gasteiger partial charge in [-0.25, -0.2) is 0 Å². The topological polar surface area (TPSA) is 113 Å². The fourth-order valence-corrected chi connectivity index (χ4v) is 1.94. The fourth-order valence-electron chi connectivity index (χ4n) is 1.94. The number of piperazine rings is 1. The van der Waals surface area contributed by atoms with Crippen LogP contribution in [0.4, 0.5) is 11.4 Å². The molecule has 0 atom stereocenters. The number of hydrazone groups is 1. The first-order valence-corrected chi connectivity index (χ1v) is 6.34. The number of nitrogens with one attached hydrogen (secondary N) is 3. The molecule has 1 aliphatic rings. The van der Waals surface area contributed by atoms with E-state index in [2.05, 4.69) is 20.7 Å². The summed E-state index contributed by atoms with van der Waals surface area (Å²) >= 11 is 0. The summed E-state index contributed by atoms with van der Waals surface area (Å²) in [5, 5.41) is 23.0. The van der Waals surface area contributed by atoms with Gasteiger partial charge in [-0.05, 0) is 24.3 Å². The van der Waals surface area contributed by atoms with Gasteiger partial charge in [-0.2, -0.15) is 10.4 Å². The molecular formula is C13H17N7. The van der Waals surface area contributed by atoms with E-state index in [9.17, 15) is 0 Å². The Hall–Kier alpha value is -2.59. The van der Waals surface area contributed by atoms with Crippen molar-refractivity contribution in [3.8, 4) is 6.07 Å². The maximum absolute atomic E-state index is 8.73. The van der Waals surface area contributed by atoms with Gasteiger partial charge in [0.2, 0.25) is 5.71 Å². The predicted molar refractivity (Wildman–Crippen MR) is 80.1 cm³/mol. The summed E-state index contributed by atoms with van der Waals surface area (Å²) in [6.45, 7) is 3.98. The monoisotopic (exact) mass is 271 g/mol. The molecule has 0 unspecified atom stereocenters. The van der Waals surface area contributed by atoms with Crippen LogP contribution in [-0.2, 0) is 0 Å². The number of hydrogen-bond acceptors (Lipinski definition) is 6. The van der Waals surface area contributed by atoms with Gasteiger partial charge in [0, 0.05) is 31.9 Å². The van der Waals surface area contributed by atoms with Crippen molar-refractivity contribution in [1.29, 1.82) is 10.7 Å². The minimum atomic E-state index is -0.350. The molecule has 1 saturated heterocycles. The lowest BCUT2D eigenvalue weighted by atomic mass is 10.2. The van der Waals surface area contributed by atoms with Crippen LogP contribution in [0.25, 0.3) is 0 Å². The van der Waals surface area contributed by atoms with E-state index in [1.165, 1.54) is 0 Å². The van der Waals surface area contributed by atoms with Gasteiger partial charge in [0.25, 0.3) is 0 Å². The number of benzene rings is 1. The fraction of sp³-hybridized carbons (Fsp3) is 0.308. The van der Waals surface area contributed by atoms with Gasteiger partial charge in [0.05, 0.1) is 5.69 Å². The predicted octanol–water partition coefficient (Wildman–Crippen LogP) is 0.324.